The summed E-state index contributed by atoms with van der Waals surface area (Å²) in [6.45, 7) is 26.3. The third-order valence-corrected chi connectivity index (χ3v) is 14.0. The van der Waals surface area contributed by atoms with Crippen LogP contribution in [-0.4, -0.2) is 169 Å². The largest absolute Gasteiger partial charge is 0.354 e. The Morgan fingerprint density at radius 1 is 0.408 bits per heavy atom. The molecule has 1 fully saturated rings. The Morgan fingerprint density at radius 3 is 1.17 bits per heavy atom. The molecule has 0 aromatic carbocycles. The third kappa shape index (κ3) is 21.3. The number of rotatable bonds is 11. The molecule has 0 spiro atoms. The van der Waals surface area contributed by atoms with Gasteiger partial charge in [0.15, 0.2) is 0 Å². The topological polar surface area (TPSA) is 294 Å². The van der Waals surface area contributed by atoms with Gasteiger partial charge in [-0.3, -0.25) is 52.7 Å². The SMILES string of the molecule is CC[C@H](C)[C@H]1C(=O)NCCC(=O)N[C@H]([C@@H](C)CC)C(=O)N(C)[C@@H](C(C)C)C(=O)N[C@@H](C)C(=O)NCCC(=O)N[C@H](CC(C)C)C(=O)N(C)[C@H](C(C)C)C(=O)N[C@@H](C(C)C)C(=O)NCCC(=O)N[C@H](CC(C)C)C(=O)N1C. The molecule has 1 aliphatic heterocycles. The van der Waals surface area contributed by atoms with E-state index < -0.39 is 131 Å². The number of hydrogen-bond donors (Lipinski definition) is 8. The molecule has 8 N–H and O–H groups in total. The van der Waals surface area contributed by atoms with Crippen molar-refractivity contribution in [3.8, 4) is 0 Å². The molecule has 0 radical (unpaired) electrons. The number of nitrogens with one attached hydrogen (secondary N) is 8. The number of amides is 11. The lowest BCUT2D eigenvalue weighted by molar-refractivity contribution is -0.145. The monoisotopic (exact) mass is 1080 g/mol. The fourth-order valence-electron chi connectivity index (χ4n) is 9.26. The van der Waals surface area contributed by atoms with Gasteiger partial charge in [-0.2, -0.15) is 0 Å². The summed E-state index contributed by atoms with van der Waals surface area (Å²) in [7, 11) is 4.39. The first kappa shape index (κ1) is 68.2. The Hall–Kier alpha value is -5.83. The molecule has 0 unspecified atom stereocenters. The number of carbonyl (C=O) groups is 11. The van der Waals surface area contributed by atoms with Crippen LogP contribution in [0.15, 0.2) is 0 Å². The van der Waals surface area contributed by atoms with E-state index >= 15 is 0 Å². The predicted molar refractivity (Wildman–Crippen MR) is 290 cm³/mol. The van der Waals surface area contributed by atoms with Crippen molar-refractivity contribution in [3.63, 3.8) is 0 Å². The van der Waals surface area contributed by atoms with E-state index in [1.807, 2.05) is 48.5 Å². The summed E-state index contributed by atoms with van der Waals surface area (Å²) < 4.78 is 0. The van der Waals surface area contributed by atoms with Crippen molar-refractivity contribution < 1.29 is 52.7 Å². The Balaban J connectivity index is 3.73. The minimum absolute atomic E-state index is 0.0535. The van der Waals surface area contributed by atoms with E-state index in [4.69, 9.17) is 0 Å². The average molecular weight is 1080 g/mol. The van der Waals surface area contributed by atoms with Crippen molar-refractivity contribution >= 4 is 65.0 Å². The molecule has 1 saturated heterocycles. The van der Waals surface area contributed by atoms with Crippen molar-refractivity contribution in [2.24, 2.45) is 41.4 Å². The molecular formula is C54H97N11O11. The highest BCUT2D eigenvalue weighted by molar-refractivity contribution is 5.97. The van der Waals surface area contributed by atoms with E-state index in [1.165, 1.54) is 42.8 Å². The molecule has 11 amide bonds. The highest BCUT2D eigenvalue weighted by atomic mass is 16.2. The van der Waals surface area contributed by atoms with E-state index in [0.29, 0.717) is 12.8 Å². The zero-order valence-electron chi connectivity index (χ0n) is 49.1. The van der Waals surface area contributed by atoms with Crippen molar-refractivity contribution in [2.45, 2.75) is 197 Å². The molecule has 1 heterocycles. The standard InChI is InChI=1S/C54H97N11O11/c1-19-34(13)43-54(76)64(17)44(32(9)10)50(72)58-36(15)47(69)55-24-21-39(66)59-37(27-29(3)4)52(74)63(16)45(33(11)12)51(73)62-42(31(7)8)48(70)56-25-22-40(67)60-38(28-30(5)6)53(75)65(18)46(35(14)20-2)49(71)57-26-23-41(68)61-43/h29-38,42-46H,19-28H2,1-18H3,(H,55,69)(H,56,70)(H,57,71)(H,58,72)(H,59,66)(H,60,67)(H,61,68)(H,62,73)/t34-,35-,36-,37+,38+,42-,43+,44-,45+,46-/m0/s1. The highest BCUT2D eigenvalue weighted by Gasteiger charge is 2.40. The Kier molecular flexibility index (Phi) is 29.3. The van der Waals surface area contributed by atoms with E-state index in [2.05, 4.69) is 42.5 Å². The predicted octanol–water partition coefficient (Wildman–Crippen LogP) is 1.60. The van der Waals surface area contributed by atoms with Gasteiger partial charge in [-0.25, -0.2) is 0 Å². The van der Waals surface area contributed by atoms with Gasteiger partial charge in [0, 0.05) is 60.0 Å². The van der Waals surface area contributed by atoms with E-state index in [-0.39, 0.29) is 75.4 Å². The van der Waals surface area contributed by atoms with Crippen LogP contribution >= 0.6 is 0 Å². The fourth-order valence-corrected chi connectivity index (χ4v) is 9.26. The van der Waals surface area contributed by atoms with Gasteiger partial charge >= 0.3 is 0 Å². The quantitative estimate of drug-likeness (QED) is 0.147. The van der Waals surface area contributed by atoms with Gasteiger partial charge in [0.25, 0.3) is 0 Å². The third-order valence-electron chi connectivity index (χ3n) is 14.0. The van der Waals surface area contributed by atoms with Crippen LogP contribution in [0.25, 0.3) is 0 Å². The van der Waals surface area contributed by atoms with Gasteiger partial charge in [-0.05, 0) is 61.2 Å². The molecule has 10 atom stereocenters. The molecular weight excluding hydrogens is 979 g/mol. The second-order valence-electron chi connectivity index (χ2n) is 22.6. The molecule has 0 bridgehead atoms. The van der Waals surface area contributed by atoms with Gasteiger partial charge in [0.2, 0.25) is 65.0 Å². The summed E-state index contributed by atoms with van der Waals surface area (Å²) in [5.41, 5.74) is 0. The molecule has 434 valence electrons. The maximum Gasteiger partial charge on any atom is 0.245 e. The van der Waals surface area contributed by atoms with Crippen molar-refractivity contribution in [1.29, 1.82) is 0 Å². The summed E-state index contributed by atoms with van der Waals surface area (Å²) in [4.78, 5) is 156. The molecule has 0 aromatic heterocycles. The second-order valence-corrected chi connectivity index (χ2v) is 22.6. The molecule has 22 nitrogen and oxygen atoms in total. The molecule has 1 rings (SSSR count). The van der Waals surface area contributed by atoms with Gasteiger partial charge in [-0.15, -0.1) is 0 Å². The van der Waals surface area contributed by atoms with Crippen LogP contribution in [0.5, 0.6) is 0 Å². The minimum atomic E-state index is -1.10. The van der Waals surface area contributed by atoms with Gasteiger partial charge in [0.1, 0.15) is 48.3 Å². The number of nitrogens with zero attached hydrogens (tertiary/aromatic N) is 3. The van der Waals surface area contributed by atoms with Crippen molar-refractivity contribution in [2.75, 3.05) is 40.8 Å². The molecule has 1 aliphatic rings. The lowest BCUT2D eigenvalue weighted by atomic mass is 9.94. The molecule has 0 saturated carbocycles. The summed E-state index contributed by atoms with van der Waals surface area (Å²) in [6, 6.07) is -8.42. The van der Waals surface area contributed by atoms with Crippen LogP contribution in [0.3, 0.4) is 0 Å². The van der Waals surface area contributed by atoms with Crippen molar-refractivity contribution in [1.82, 2.24) is 57.2 Å². The normalized spacial score (nSPS) is 26.4. The van der Waals surface area contributed by atoms with Crippen LogP contribution in [0.4, 0.5) is 0 Å². The Labute approximate surface area is 453 Å². The summed E-state index contributed by atoms with van der Waals surface area (Å²) in [5.74, 6) is -8.32. The van der Waals surface area contributed by atoms with Crippen LogP contribution in [-0.2, 0) is 52.7 Å². The maximum absolute atomic E-state index is 14.2. The van der Waals surface area contributed by atoms with Crippen LogP contribution in [0.1, 0.15) is 149 Å². The van der Waals surface area contributed by atoms with Crippen LogP contribution in [0, 0.1) is 41.4 Å². The zero-order valence-corrected chi connectivity index (χ0v) is 49.1. The lowest BCUT2D eigenvalue weighted by Crippen LogP contribution is -2.60. The Morgan fingerprint density at radius 2 is 0.776 bits per heavy atom. The first-order chi connectivity index (χ1) is 35.3. The first-order valence-corrected chi connectivity index (χ1v) is 27.4. The summed E-state index contributed by atoms with van der Waals surface area (Å²) in [5, 5.41) is 22.0. The average Bonchev–Trinajstić information content (AvgIpc) is 3.32. The van der Waals surface area contributed by atoms with Gasteiger partial charge < -0.3 is 57.2 Å². The first-order valence-electron chi connectivity index (χ1n) is 27.4. The Bertz CT molecular complexity index is 2000. The minimum Gasteiger partial charge on any atom is -0.354 e. The van der Waals surface area contributed by atoms with Crippen molar-refractivity contribution in [3.05, 3.63) is 0 Å². The highest BCUT2D eigenvalue weighted by Crippen LogP contribution is 2.20. The zero-order chi connectivity index (χ0) is 58.5. The fraction of sp³-hybridized carbons (Fsp3) is 0.796. The molecule has 76 heavy (non-hydrogen) atoms. The molecule has 0 aliphatic carbocycles. The lowest BCUT2D eigenvalue weighted by Gasteiger charge is -2.35. The number of carbonyl (C=O) groups excluding carboxylic acids is 11. The smallest absolute Gasteiger partial charge is 0.245 e. The number of hydrogen-bond acceptors (Lipinski definition) is 11. The number of likely N-dealkylation sites (N-methyl/N-ethyl adjacent to an activating group) is 3. The maximum atomic E-state index is 14.2. The van der Waals surface area contributed by atoms with Crippen LogP contribution in [0.2, 0.25) is 0 Å². The molecule has 22 heteroatoms. The summed E-state index contributed by atoms with van der Waals surface area (Å²) in [6.07, 6.45) is 0.783. The second kappa shape index (κ2) is 32.7. The van der Waals surface area contributed by atoms with E-state index in [9.17, 15) is 52.7 Å². The van der Waals surface area contributed by atoms with Gasteiger partial charge in [0.05, 0.1) is 0 Å². The van der Waals surface area contributed by atoms with E-state index in [1.54, 1.807) is 48.5 Å². The molecule has 0 aromatic rings. The van der Waals surface area contributed by atoms with Gasteiger partial charge in [-0.1, -0.05) is 110 Å². The van der Waals surface area contributed by atoms with Crippen LogP contribution < -0.4 is 42.5 Å². The van der Waals surface area contributed by atoms with E-state index in [0.717, 1.165) is 0 Å². The summed E-state index contributed by atoms with van der Waals surface area (Å²) >= 11 is 0.